The number of rotatable bonds is 5. The second kappa shape index (κ2) is 7.96. The average molecular weight is 365 g/mol. The summed E-state index contributed by atoms with van der Waals surface area (Å²) in [6, 6.07) is 3.94. The smallest absolute Gasteiger partial charge is 0.341 e. The normalized spacial score (nSPS) is 18.3. The Morgan fingerprint density at radius 2 is 2.09 bits per heavy atom. The molecule has 1 fully saturated rings. The highest BCUT2D eigenvalue weighted by Crippen LogP contribution is 2.29. The standard InChI is InChI=1S/C14H20N2O5S.ClH/c1-20-13-8-11(5-6-12(13)14(17)21-2)22(18,19)16-7-3-4-10(16)9-15;/h5-6,8,10H,3-4,7,9,15H2,1-2H3;1H. The van der Waals surface area contributed by atoms with Crippen LogP contribution in [-0.4, -0.2) is 52.0 Å². The molecule has 0 aliphatic carbocycles. The van der Waals surface area contributed by atoms with Gasteiger partial charge in [-0.15, -0.1) is 12.4 Å². The molecule has 2 rings (SSSR count). The quantitative estimate of drug-likeness (QED) is 0.783. The van der Waals surface area contributed by atoms with Crippen molar-refractivity contribution in [1.29, 1.82) is 0 Å². The van der Waals surface area contributed by atoms with Crippen molar-refractivity contribution in [3.05, 3.63) is 23.8 Å². The Bertz CT molecular complexity index is 665. The first-order chi connectivity index (χ1) is 10.5. The minimum Gasteiger partial charge on any atom is -0.496 e. The number of halogens is 1. The molecule has 1 aromatic carbocycles. The van der Waals surface area contributed by atoms with Crippen LogP contribution in [0.1, 0.15) is 23.2 Å². The molecule has 9 heteroatoms. The zero-order chi connectivity index (χ0) is 16.3. The molecule has 0 saturated carbocycles. The molecule has 1 unspecified atom stereocenters. The average Bonchev–Trinajstić information content (AvgIpc) is 3.02. The molecule has 1 aliphatic heterocycles. The third kappa shape index (κ3) is 3.77. The molecule has 1 heterocycles. The number of nitrogens with two attached hydrogens (primary N) is 1. The number of nitrogens with zero attached hydrogens (tertiary/aromatic N) is 1. The number of ether oxygens (including phenoxy) is 2. The van der Waals surface area contributed by atoms with E-state index in [4.69, 9.17) is 10.5 Å². The van der Waals surface area contributed by atoms with E-state index in [1.807, 2.05) is 0 Å². The highest BCUT2D eigenvalue weighted by molar-refractivity contribution is 7.89. The lowest BCUT2D eigenvalue weighted by molar-refractivity contribution is 0.0597. The lowest BCUT2D eigenvalue weighted by Gasteiger charge is -2.23. The van der Waals surface area contributed by atoms with Gasteiger partial charge in [0.1, 0.15) is 11.3 Å². The summed E-state index contributed by atoms with van der Waals surface area (Å²) in [5.41, 5.74) is 5.83. The molecule has 1 atom stereocenters. The van der Waals surface area contributed by atoms with E-state index in [9.17, 15) is 13.2 Å². The van der Waals surface area contributed by atoms with E-state index in [0.717, 1.165) is 12.8 Å². The molecule has 23 heavy (non-hydrogen) atoms. The van der Waals surface area contributed by atoms with Crippen molar-refractivity contribution in [2.45, 2.75) is 23.8 Å². The number of methoxy groups -OCH3 is 2. The van der Waals surface area contributed by atoms with Gasteiger partial charge in [0.15, 0.2) is 0 Å². The highest BCUT2D eigenvalue weighted by Gasteiger charge is 2.35. The number of esters is 1. The maximum atomic E-state index is 12.7. The van der Waals surface area contributed by atoms with E-state index in [1.54, 1.807) is 0 Å². The maximum absolute atomic E-state index is 12.7. The molecule has 1 aliphatic rings. The van der Waals surface area contributed by atoms with Crippen LogP contribution in [0.2, 0.25) is 0 Å². The van der Waals surface area contributed by atoms with Crippen LogP contribution in [0.15, 0.2) is 23.1 Å². The van der Waals surface area contributed by atoms with Gasteiger partial charge in [-0.1, -0.05) is 0 Å². The van der Waals surface area contributed by atoms with E-state index in [-0.39, 0.29) is 41.2 Å². The van der Waals surface area contributed by atoms with Crippen molar-refractivity contribution in [2.24, 2.45) is 5.73 Å². The largest absolute Gasteiger partial charge is 0.496 e. The maximum Gasteiger partial charge on any atom is 0.341 e. The zero-order valence-corrected chi connectivity index (χ0v) is 14.7. The number of carbonyl (C=O) groups excluding carboxylic acids is 1. The highest BCUT2D eigenvalue weighted by atomic mass is 35.5. The summed E-state index contributed by atoms with van der Waals surface area (Å²) in [7, 11) is -1.04. The van der Waals surface area contributed by atoms with Gasteiger partial charge < -0.3 is 15.2 Å². The van der Waals surface area contributed by atoms with E-state index < -0.39 is 16.0 Å². The summed E-state index contributed by atoms with van der Waals surface area (Å²) in [4.78, 5) is 11.7. The molecular weight excluding hydrogens is 344 g/mol. The predicted octanol–water partition coefficient (Wildman–Crippen LogP) is 1.02. The van der Waals surface area contributed by atoms with Crippen molar-refractivity contribution < 1.29 is 22.7 Å². The Labute approximate surface area is 142 Å². The van der Waals surface area contributed by atoms with Gasteiger partial charge in [-0.3, -0.25) is 0 Å². The molecule has 7 nitrogen and oxygen atoms in total. The molecule has 2 N–H and O–H groups in total. The Hall–Kier alpha value is -1.35. The zero-order valence-electron chi connectivity index (χ0n) is 13.0. The topological polar surface area (TPSA) is 98.9 Å². The van der Waals surface area contributed by atoms with Gasteiger partial charge in [-0.05, 0) is 25.0 Å². The molecule has 0 aromatic heterocycles. The summed E-state index contributed by atoms with van der Waals surface area (Å²) in [5, 5.41) is 0. The van der Waals surface area contributed by atoms with Crippen LogP contribution < -0.4 is 10.5 Å². The summed E-state index contributed by atoms with van der Waals surface area (Å²) < 4.78 is 36.6. The minimum atomic E-state index is -3.66. The van der Waals surface area contributed by atoms with Gasteiger partial charge in [-0.25, -0.2) is 13.2 Å². The fourth-order valence-corrected chi connectivity index (χ4v) is 4.33. The molecule has 0 radical (unpaired) electrons. The van der Waals surface area contributed by atoms with Crippen molar-refractivity contribution in [2.75, 3.05) is 27.3 Å². The molecule has 1 saturated heterocycles. The lowest BCUT2D eigenvalue weighted by Crippen LogP contribution is -2.39. The fourth-order valence-electron chi connectivity index (χ4n) is 2.61. The predicted molar refractivity (Wildman–Crippen MR) is 87.5 cm³/mol. The first-order valence-electron chi connectivity index (χ1n) is 6.94. The minimum absolute atomic E-state index is 0. The van der Waals surface area contributed by atoms with Crippen molar-refractivity contribution in [1.82, 2.24) is 4.31 Å². The molecule has 1 aromatic rings. The third-order valence-electron chi connectivity index (χ3n) is 3.78. The van der Waals surface area contributed by atoms with Gasteiger partial charge in [0.25, 0.3) is 0 Å². The molecule has 0 spiro atoms. The molecular formula is C14H21ClN2O5S. The summed E-state index contributed by atoms with van der Waals surface area (Å²) in [5.74, 6) is -0.418. The van der Waals surface area contributed by atoms with Gasteiger partial charge >= 0.3 is 5.97 Å². The SMILES string of the molecule is COC(=O)c1ccc(S(=O)(=O)N2CCCC2CN)cc1OC.Cl. The summed E-state index contributed by atoms with van der Waals surface area (Å²) in [6.07, 6.45) is 1.55. The van der Waals surface area contributed by atoms with Gasteiger partial charge in [-0.2, -0.15) is 4.31 Å². The van der Waals surface area contributed by atoms with Crippen LogP contribution in [0.4, 0.5) is 0 Å². The number of carbonyl (C=O) groups is 1. The number of hydrogen-bond acceptors (Lipinski definition) is 6. The van der Waals surface area contributed by atoms with Gasteiger partial charge in [0.2, 0.25) is 10.0 Å². The Morgan fingerprint density at radius 3 is 2.65 bits per heavy atom. The first kappa shape index (κ1) is 19.7. The van der Waals surface area contributed by atoms with Crippen LogP contribution >= 0.6 is 12.4 Å². The Morgan fingerprint density at radius 1 is 1.39 bits per heavy atom. The Kier molecular flexibility index (Phi) is 6.82. The van der Waals surface area contributed by atoms with Crippen molar-refractivity contribution >= 4 is 28.4 Å². The van der Waals surface area contributed by atoms with Crippen LogP contribution in [-0.2, 0) is 14.8 Å². The van der Waals surface area contributed by atoms with E-state index in [2.05, 4.69) is 4.74 Å². The molecule has 130 valence electrons. The van der Waals surface area contributed by atoms with Crippen LogP contribution in [0.25, 0.3) is 0 Å². The Balaban J connectivity index is 0.00000264. The lowest BCUT2D eigenvalue weighted by atomic mass is 10.2. The number of hydrogen-bond donors (Lipinski definition) is 1. The number of benzene rings is 1. The summed E-state index contributed by atoms with van der Waals surface area (Å²) >= 11 is 0. The van der Waals surface area contributed by atoms with Crippen LogP contribution in [0.3, 0.4) is 0 Å². The molecule has 0 bridgehead atoms. The van der Waals surface area contributed by atoms with E-state index >= 15 is 0 Å². The van der Waals surface area contributed by atoms with Crippen LogP contribution in [0.5, 0.6) is 5.75 Å². The monoisotopic (exact) mass is 364 g/mol. The molecule has 0 amide bonds. The van der Waals surface area contributed by atoms with Crippen molar-refractivity contribution in [3.8, 4) is 5.75 Å². The second-order valence-corrected chi connectivity index (χ2v) is 6.89. The first-order valence-corrected chi connectivity index (χ1v) is 8.38. The van der Waals surface area contributed by atoms with Crippen LogP contribution in [0, 0.1) is 0 Å². The number of sulfonamides is 1. The van der Waals surface area contributed by atoms with Gasteiger partial charge in [0.05, 0.1) is 19.1 Å². The van der Waals surface area contributed by atoms with E-state index in [0.29, 0.717) is 6.54 Å². The fraction of sp³-hybridized carbons (Fsp3) is 0.500. The van der Waals surface area contributed by atoms with Crippen molar-refractivity contribution in [3.63, 3.8) is 0 Å². The second-order valence-electron chi connectivity index (χ2n) is 5.00. The summed E-state index contributed by atoms with van der Waals surface area (Å²) in [6.45, 7) is 0.738. The van der Waals surface area contributed by atoms with Gasteiger partial charge in [0, 0.05) is 25.2 Å². The van der Waals surface area contributed by atoms with E-state index in [1.165, 1.54) is 36.7 Å². The third-order valence-corrected chi connectivity index (χ3v) is 5.73.